The van der Waals surface area contributed by atoms with Crippen molar-refractivity contribution in [2.45, 2.75) is 25.5 Å². The molecule has 20 heavy (non-hydrogen) atoms. The minimum Gasteiger partial charge on any atom is -0.380 e. The molecule has 1 aliphatic rings. The van der Waals surface area contributed by atoms with E-state index in [4.69, 9.17) is 10.00 Å². The number of hydrogen-bond acceptors (Lipinski definition) is 4. The Bertz CT molecular complexity index is 507. The molecule has 1 aromatic rings. The minimum absolute atomic E-state index is 0.0357. The van der Waals surface area contributed by atoms with Crippen LogP contribution in [0.3, 0.4) is 0 Å². The lowest BCUT2D eigenvalue weighted by Gasteiger charge is -2.23. The van der Waals surface area contributed by atoms with Gasteiger partial charge in [-0.05, 0) is 37.6 Å². The molecule has 1 N–H and O–H groups in total. The summed E-state index contributed by atoms with van der Waals surface area (Å²) in [4.78, 5) is 14.3. The number of rotatable bonds is 4. The zero-order chi connectivity index (χ0) is 14.5. The number of carbonyl (C=O) groups excluding carboxylic acids is 1. The fourth-order valence-corrected chi connectivity index (χ4v) is 2.34. The van der Waals surface area contributed by atoms with Crippen LogP contribution in [-0.2, 0) is 9.53 Å². The zero-order valence-electron chi connectivity index (χ0n) is 11.8. The molecule has 0 aliphatic carbocycles. The van der Waals surface area contributed by atoms with Gasteiger partial charge in [0.15, 0.2) is 0 Å². The van der Waals surface area contributed by atoms with Gasteiger partial charge >= 0.3 is 0 Å². The number of carbonyl (C=O) groups is 1. The van der Waals surface area contributed by atoms with Crippen molar-refractivity contribution in [2.75, 3.05) is 25.5 Å². The van der Waals surface area contributed by atoms with E-state index in [2.05, 4.69) is 16.3 Å². The summed E-state index contributed by atoms with van der Waals surface area (Å²) in [6, 6.07) is 8.73. The van der Waals surface area contributed by atoms with Gasteiger partial charge < -0.3 is 10.1 Å². The summed E-state index contributed by atoms with van der Waals surface area (Å²) in [6.07, 6.45) is 1.19. The predicted molar refractivity (Wildman–Crippen MR) is 76.2 cm³/mol. The first-order valence-corrected chi connectivity index (χ1v) is 6.72. The number of amides is 1. The van der Waals surface area contributed by atoms with E-state index in [1.807, 2.05) is 6.92 Å². The Morgan fingerprint density at radius 1 is 1.50 bits per heavy atom. The largest absolute Gasteiger partial charge is 0.380 e. The van der Waals surface area contributed by atoms with Gasteiger partial charge in [-0.2, -0.15) is 5.26 Å². The smallest absolute Gasteiger partial charge is 0.241 e. The van der Waals surface area contributed by atoms with Gasteiger partial charge in [-0.15, -0.1) is 0 Å². The number of likely N-dealkylation sites (tertiary alicyclic amines) is 1. The van der Waals surface area contributed by atoms with Crippen LogP contribution in [0.1, 0.15) is 18.9 Å². The molecule has 106 valence electrons. The van der Waals surface area contributed by atoms with Crippen molar-refractivity contribution in [3.63, 3.8) is 0 Å². The van der Waals surface area contributed by atoms with Crippen LogP contribution < -0.4 is 5.32 Å². The Morgan fingerprint density at radius 3 is 2.75 bits per heavy atom. The van der Waals surface area contributed by atoms with Crippen LogP contribution >= 0.6 is 0 Å². The maximum absolute atomic E-state index is 12.2. The summed E-state index contributed by atoms with van der Waals surface area (Å²) >= 11 is 0. The molecule has 0 radical (unpaired) electrons. The van der Waals surface area contributed by atoms with Gasteiger partial charge in [0.05, 0.1) is 23.8 Å². The molecule has 5 nitrogen and oxygen atoms in total. The molecule has 0 saturated carbocycles. The number of nitrogens with zero attached hydrogens (tertiary/aromatic N) is 2. The van der Waals surface area contributed by atoms with E-state index in [1.165, 1.54) is 0 Å². The molecule has 1 heterocycles. The maximum atomic E-state index is 12.2. The van der Waals surface area contributed by atoms with Gasteiger partial charge in [-0.25, -0.2) is 0 Å². The number of nitriles is 1. The molecule has 2 unspecified atom stereocenters. The molecular formula is C15H19N3O2. The Kier molecular flexibility index (Phi) is 4.72. The number of hydrogen-bond donors (Lipinski definition) is 1. The molecule has 0 aromatic heterocycles. The average molecular weight is 273 g/mol. The third-order valence-electron chi connectivity index (χ3n) is 3.72. The third kappa shape index (κ3) is 3.35. The molecule has 5 heteroatoms. The molecule has 0 spiro atoms. The van der Waals surface area contributed by atoms with Gasteiger partial charge in [-0.1, -0.05) is 0 Å². The summed E-state index contributed by atoms with van der Waals surface area (Å²) in [5.41, 5.74) is 1.29. The van der Waals surface area contributed by atoms with Crippen molar-refractivity contribution in [1.82, 2.24) is 4.90 Å². The van der Waals surface area contributed by atoms with Gasteiger partial charge in [0.1, 0.15) is 0 Å². The SMILES string of the molecule is COC1CCN(C(C)C(=O)Nc2ccc(C#N)cc2)C1. The van der Waals surface area contributed by atoms with Crippen molar-refractivity contribution in [2.24, 2.45) is 0 Å². The lowest BCUT2D eigenvalue weighted by atomic mass is 10.2. The molecule has 1 amide bonds. The minimum atomic E-state index is -0.189. The fourth-order valence-electron chi connectivity index (χ4n) is 2.34. The molecule has 1 saturated heterocycles. The summed E-state index contributed by atoms with van der Waals surface area (Å²) in [6.45, 7) is 3.57. The summed E-state index contributed by atoms with van der Waals surface area (Å²) < 4.78 is 5.31. The summed E-state index contributed by atoms with van der Waals surface area (Å²) in [7, 11) is 1.70. The highest BCUT2D eigenvalue weighted by Crippen LogP contribution is 2.16. The molecule has 2 atom stereocenters. The van der Waals surface area contributed by atoms with Crippen LogP contribution in [0.2, 0.25) is 0 Å². The van der Waals surface area contributed by atoms with Gasteiger partial charge in [0, 0.05) is 25.9 Å². The van der Waals surface area contributed by atoms with Crippen LogP contribution in [0.4, 0.5) is 5.69 Å². The van der Waals surface area contributed by atoms with E-state index in [9.17, 15) is 4.79 Å². The second-order valence-corrected chi connectivity index (χ2v) is 5.00. The second-order valence-electron chi connectivity index (χ2n) is 5.00. The van der Waals surface area contributed by atoms with E-state index in [-0.39, 0.29) is 18.1 Å². The van der Waals surface area contributed by atoms with Crippen molar-refractivity contribution >= 4 is 11.6 Å². The maximum Gasteiger partial charge on any atom is 0.241 e. The first kappa shape index (κ1) is 14.5. The molecule has 0 bridgehead atoms. The number of anilines is 1. The monoisotopic (exact) mass is 273 g/mol. The Hall–Kier alpha value is -1.90. The number of benzene rings is 1. The third-order valence-corrected chi connectivity index (χ3v) is 3.72. The van der Waals surface area contributed by atoms with Crippen LogP contribution in [-0.4, -0.2) is 43.2 Å². The van der Waals surface area contributed by atoms with Crippen molar-refractivity contribution in [3.05, 3.63) is 29.8 Å². The average Bonchev–Trinajstić information content (AvgIpc) is 2.96. The predicted octanol–water partition coefficient (Wildman–Crippen LogP) is 1.61. The molecule has 1 fully saturated rings. The lowest BCUT2D eigenvalue weighted by molar-refractivity contribution is -0.120. The van der Waals surface area contributed by atoms with Crippen LogP contribution in [0.15, 0.2) is 24.3 Å². The number of methoxy groups -OCH3 is 1. The Labute approximate surface area is 119 Å². The van der Waals surface area contributed by atoms with Gasteiger partial charge in [-0.3, -0.25) is 9.69 Å². The van der Waals surface area contributed by atoms with Gasteiger partial charge in [0.2, 0.25) is 5.91 Å². The van der Waals surface area contributed by atoms with E-state index >= 15 is 0 Å². The zero-order valence-corrected chi connectivity index (χ0v) is 11.8. The first-order valence-electron chi connectivity index (χ1n) is 6.72. The molecular weight excluding hydrogens is 254 g/mol. The Balaban J connectivity index is 1.92. The highest BCUT2D eigenvalue weighted by atomic mass is 16.5. The van der Waals surface area contributed by atoms with Crippen LogP contribution in [0.5, 0.6) is 0 Å². The normalized spacial score (nSPS) is 20.4. The molecule has 1 aliphatic heterocycles. The number of ether oxygens (including phenoxy) is 1. The highest BCUT2D eigenvalue weighted by molar-refractivity contribution is 5.94. The van der Waals surface area contributed by atoms with Crippen LogP contribution in [0.25, 0.3) is 0 Å². The second kappa shape index (κ2) is 6.51. The highest BCUT2D eigenvalue weighted by Gasteiger charge is 2.29. The van der Waals surface area contributed by atoms with Crippen molar-refractivity contribution < 1.29 is 9.53 Å². The lowest BCUT2D eigenvalue weighted by Crippen LogP contribution is -2.41. The van der Waals surface area contributed by atoms with Gasteiger partial charge in [0.25, 0.3) is 0 Å². The standard InChI is InChI=1S/C15H19N3O2/c1-11(18-8-7-14(10-18)20-2)15(19)17-13-5-3-12(9-16)4-6-13/h3-6,11,14H,7-8,10H2,1-2H3,(H,17,19). The Morgan fingerprint density at radius 2 is 2.20 bits per heavy atom. The molecule has 2 rings (SSSR count). The number of nitrogens with one attached hydrogen (secondary N) is 1. The topological polar surface area (TPSA) is 65.4 Å². The first-order chi connectivity index (χ1) is 9.63. The van der Waals surface area contributed by atoms with E-state index in [1.54, 1.807) is 31.4 Å². The van der Waals surface area contributed by atoms with Crippen LogP contribution in [0, 0.1) is 11.3 Å². The molecule has 1 aromatic carbocycles. The summed E-state index contributed by atoms with van der Waals surface area (Å²) in [5.74, 6) is -0.0357. The summed E-state index contributed by atoms with van der Waals surface area (Å²) in [5, 5.41) is 11.6. The fraction of sp³-hybridized carbons (Fsp3) is 0.467. The quantitative estimate of drug-likeness (QED) is 0.905. The van der Waals surface area contributed by atoms with Crippen molar-refractivity contribution in [1.29, 1.82) is 5.26 Å². The van der Waals surface area contributed by atoms with E-state index < -0.39 is 0 Å². The van der Waals surface area contributed by atoms with E-state index in [0.717, 1.165) is 19.5 Å². The van der Waals surface area contributed by atoms with Crippen molar-refractivity contribution in [3.8, 4) is 6.07 Å². The van der Waals surface area contributed by atoms with E-state index in [0.29, 0.717) is 11.3 Å².